The molecule has 6 nitrogen and oxygen atoms in total. The molecular weight excluding hydrogens is 510 g/mol. The van der Waals surface area contributed by atoms with E-state index in [2.05, 4.69) is 22.1 Å². The third-order valence-corrected chi connectivity index (χ3v) is 8.26. The summed E-state index contributed by atoms with van der Waals surface area (Å²) in [7, 11) is 0. The Morgan fingerprint density at radius 2 is 1.93 bits per heavy atom. The molecule has 8 heteroatoms. The van der Waals surface area contributed by atoms with E-state index in [0.29, 0.717) is 36.0 Å². The Labute approximate surface area is 235 Å². The van der Waals surface area contributed by atoms with Crippen LogP contribution in [0.25, 0.3) is 5.57 Å². The number of halogens is 2. The predicted octanol–water partition coefficient (Wildman–Crippen LogP) is 5.59. The lowest BCUT2D eigenvalue weighted by atomic mass is 9.85. The average molecular weight is 549 g/mol. The molecular formula is C32H38F2N4O2. The van der Waals surface area contributed by atoms with E-state index >= 15 is 4.39 Å². The van der Waals surface area contributed by atoms with E-state index in [-0.39, 0.29) is 17.4 Å². The van der Waals surface area contributed by atoms with Crippen LogP contribution in [-0.4, -0.2) is 49.0 Å². The minimum absolute atomic E-state index is 0.00113. The van der Waals surface area contributed by atoms with Crippen molar-refractivity contribution in [2.45, 2.75) is 58.0 Å². The van der Waals surface area contributed by atoms with Crippen LogP contribution in [0.4, 0.5) is 8.78 Å². The van der Waals surface area contributed by atoms with Crippen LogP contribution in [0, 0.1) is 17.6 Å². The van der Waals surface area contributed by atoms with Crippen molar-refractivity contribution in [3.05, 3.63) is 88.1 Å². The number of allylic oxidation sites excluding steroid dienone is 2. The Hall–Kier alpha value is -3.36. The Morgan fingerprint density at radius 1 is 1.12 bits per heavy atom. The first kappa shape index (κ1) is 28.2. The van der Waals surface area contributed by atoms with Gasteiger partial charge in [0.25, 0.3) is 5.91 Å². The van der Waals surface area contributed by atoms with Gasteiger partial charge in [-0.15, -0.1) is 0 Å². The number of amidine groups is 1. The molecule has 2 saturated heterocycles. The van der Waals surface area contributed by atoms with Crippen LogP contribution >= 0.6 is 0 Å². The third kappa shape index (κ3) is 6.50. The molecule has 2 aromatic rings. The molecule has 5 rings (SSSR count). The number of nitrogens with one attached hydrogen (secondary N) is 1. The number of ether oxygens (including phenoxy) is 1. The van der Waals surface area contributed by atoms with E-state index in [4.69, 9.17) is 10.5 Å². The fraction of sp³-hybridized carbons (Fsp3) is 0.438. The minimum Gasteiger partial charge on any atom is -0.383 e. The smallest absolute Gasteiger partial charge is 0.254 e. The van der Waals surface area contributed by atoms with Crippen molar-refractivity contribution in [2.24, 2.45) is 16.6 Å². The van der Waals surface area contributed by atoms with Crippen LogP contribution in [0.2, 0.25) is 0 Å². The average Bonchev–Trinajstić information content (AvgIpc) is 3.13. The Morgan fingerprint density at radius 3 is 2.67 bits per heavy atom. The predicted molar refractivity (Wildman–Crippen MR) is 154 cm³/mol. The number of amides is 1. The first-order chi connectivity index (χ1) is 19.4. The second-order valence-corrected chi connectivity index (χ2v) is 10.9. The molecule has 1 atom stereocenters. The molecule has 0 aromatic heterocycles. The summed E-state index contributed by atoms with van der Waals surface area (Å²) in [5.41, 5.74) is 10.8. The van der Waals surface area contributed by atoms with Crippen LogP contribution < -0.4 is 11.1 Å². The highest BCUT2D eigenvalue weighted by Crippen LogP contribution is 2.35. The second-order valence-electron chi connectivity index (χ2n) is 10.9. The van der Waals surface area contributed by atoms with Crippen molar-refractivity contribution in [3.8, 4) is 0 Å². The summed E-state index contributed by atoms with van der Waals surface area (Å²) in [6, 6.07) is 11.3. The summed E-state index contributed by atoms with van der Waals surface area (Å²) in [6.07, 6.45) is 6.99. The Bertz CT molecular complexity index is 1330. The van der Waals surface area contributed by atoms with Gasteiger partial charge in [-0.3, -0.25) is 9.69 Å². The Balaban J connectivity index is 1.28. The minimum atomic E-state index is -0.591. The summed E-state index contributed by atoms with van der Waals surface area (Å²) < 4.78 is 35.0. The van der Waals surface area contributed by atoms with E-state index in [1.165, 1.54) is 23.8 Å². The van der Waals surface area contributed by atoms with Crippen LogP contribution in [0.1, 0.15) is 66.9 Å². The zero-order valence-corrected chi connectivity index (χ0v) is 23.1. The van der Waals surface area contributed by atoms with Gasteiger partial charge in [0.15, 0.2) is 0 Å². The number of carbonyl (C=O) groups is 1. The zero-order valence-electron chi connectivity index (χ0n) is 23.1. The van der Waals surface area contributed by atoms with Crippen molar-refractivity contribution >= 4 is 17.3 Å². The fourth-order valence-corrected chi connectivity index (χ4v) is 6.05. The van der Waals surface area contributed by atoms with Gasteiger partial charge in [0.1, 0.15) is 17.5 Å². The van der Waals surface area contributed by atoms with Gasteiger partial charge in [0, 0.05) is 49.7 Å². The molecule has 2 fully saturated rings. The highest BCUT2D eigenvalue weighted by molar-refractivity contribution is 6.23. The van der Waals surface area contributed by atoms with E-state index in [1.807, 2.05) is 12.3 Å². The standard InChI is InChI=1S/C32H38F2N4O2/c1-2-21-16-25(22-11-14-40-15-12-22)18-36-31(35)30(21)23-9-10-27(29(34)17-23)32(39)37-26-7-5-13-38(20-26)19-24-6-3-4-8-28(24)33/h3-4,6,8-10,17-18,22,26H,2,5,7,11-16,19-20H2,1H3,(H2,35,36)(H,37,39). The van der Waals surface area contributed by atoms with Crippen molar-refractivity contribution < 1.29 is 18.3 Å². The lowest BCUT2D eigenvalue weighted by molar-refractivity contribution is 0.0751. The lowest BCUT2D eigenvalue weighted by Gasteiger charge is -2.33. The molecule has 3 N–H and O–H groups in total. The van der Waals surface area contributed by atoms with E-state index < -0.39 is 11.7 Å². The number of nitrogens with two attached hydrogens (primary N) is 1. The highest BCUT2D eigenvalue weighted by atomic mass is 19.1. The van der Waals surface area contributed by atoms with Gasteiger partial charge in [-0.1, -0.05) is 36.8 Å². The van der Waals surface area contributed by atoms with Gasteiger partial charge in [-0.05, 0) is 80.3 Å². The van der Waals surface area contributed by atoms with Gasteiger partial charge in [0.05, 0.1) is 5.56 Å². The molecule has 1 unspecified atom stereocenters. The number of nitrogens with zero attached hydrogens (tertiary/aromatic N) is 2. The zero-order chi connectivity index (χ0) is 28.1. The molecule has 0 radical (unpaired) electrons. The van der Waals surface area contributed by atoms with Gasteiger partial charge in [-0.25, -0.2) is 13.8 Å². The van der Waals surface area contributed by atoms with Gasteiger partial charge < -0.3 is 15.8 Å². The number of rotatable bonds is 7. The maximum absolute atomic E-state index is 15.4. The van der Waals surface area contributed by atoms with E-state index in [0.717, 1.165) is 69.4 Å². The summed E-state index contributed by atoms with van der Waals surface area (Å²) >= 11 is 0. The molecule has 3 heterocycles. The largest absolute Gasteiger partial charge is 0.383 e. The van der Waals surface area contributed by atoms with Crippen LogP contribution in [-0.2, 0) is 11.3 Å². The highest BCUT2D eigenvalue weighted by Gasteiger charge is 2.26. The topological polar surface area (TPSA) is 80.0 Å². The molecule has 0 bridgehead atoms. The van der Waals surface area contributed by atoms with Gasteiger partial charge in [0.2, 0.25) is 0 Å². The van der Waals surface area contributed by atoms with Gasteiger partial charge >= 0.3 is 0 Å². The van der Waals surface area contributed by atoms with Crippen molar-refractivity contribution in [2.75, 3.05) is 26.3 Å². The molecule has 212 valence electrons. The summed E-state index contributed by atoms with van der Waals surface area (Å²) in [4.78, 5) is 19.8. The van der Waals surface area contributed by atoms with Crippen LogP contribution in [0.5, 0.6) is 0 Å². The number of hydrogen-bond acceptors (Lipinski definition) is 5. The molecule has 2 aromatic carbocycles. The molecule has 0 saturated carbocycles. The van der Waals surface area contributed by atoms with Gasteiger partial charge in [-0.2, -0.15) is 0 Å². The molecule has 40 heavy (non-hydrogen) atoms. The molecule has 0 spiro atoms. The third-order valence-electron chi connectivity index (χ3n) is 8.26. The lowest BCUT2D eigenvalue weighted by Crippen LogP contribution is -2.47. The number of carbonyl (C=O) groups excluding carboxylic acids is 1. The first-order valence-corrected chi connectivity index (χ1v) is 14.3. The maximum Gasteiger partial charge on any atom is 0.254 e. The second kappa shape index (κ2) is 12.9. The maximum atomic E-state index is 15.4. The first-order valence-electron chi connectivity index (χ1n) is 14.3. The molecule has 1 amide bonds. The van der Waals surface area contributed by atoms with Crippen molar-refractivity contribution in [1.29, 1.82) is 0 Å². The Kier molecular flexibility index (Phi) is 9.07. The molecule has 3 aliphatic heterocycles. The molecule has 3 aliphatic rings. The van der Waals surface area contributed by atoms with E-state index in [9.17, 15) is 9.18 Å². The van der Waals surface area contributed by atoms with Crippen LogP contribution in [0.3, 0.4) is 0 Å². The number of likely N-dealkylation sites (tertiary alicyclic amines) is 1. The number of aliphatic imine (C=N–C) groups is 1. The van der Waals surface area contributed by atoms with Crippen LogP contribution in [0.15, 0.2) is 64.8 Å². The molecule has 0 aliphatic carbocycles. The fourth-order valence-electron chi connectivity index (χ4n) is 6.05. The monoisotopic (exact) mass is 548 g/mol. The number of benzene rings is 2. The number of hydrogen-bond donors (Lipinski definition) is 2. The van der Waals surface area contributed by atoms with Crippen molar-refractivity contribution in [1.82, 2.24) is 10.2 Å². The summed E-state index contributed by atoms with van der Waals surface area (Å²) in [5, 5.41) is 2.99. The van der Waals surface area contributed by atoms with Crippen molar-refractivity contribution in [3.63, 3.8) is 0 Å². The summed E-state index contributed by atoms with van der Waals surface area (Å²) in [6.45, 7) is 5.46. The normalized spacial score (nSPS) is 21.0. The SMILES string of the molecule is CCC1=C(c2ccc(C(=O)NC3CCCN(Cc4ccccc4F)C3)c(F)c2)C(N)=NC=C(C2CCOCC2)C1. The summed E-state index contributed by atoms with van der Waals surface area (Å²) in [5.74, 6) is -0.486. The quantitative estimate of drug-likeness (QED) is 0.473. The number of piperidine rings is 1. The van der Waals surface area contributed by atoms with E-state index in [1.54, 1.807) is 18.2 Å².